The molecule has 4 nitrogen and oxygen atoms in total. The molecule has 4 heteroatoms. The van der Waals surface area contributed by atoms with Crippen molar-refractivity contribution in [3.63, 3.8) is 0 Å². The van der Waals surface area contributed by atoms with Crippen LogP contribution in [0.15, 0.2) is 18.6 Å². The third-order valence-electron chi connectivity index (χ3n) is 1.37. The van der Waals surface area contributed by atoms with Crippen LogP contribution in [0.25, 0.3) is 11.0 Å². The highest BCUT2D eigenvalue weighted by Gasteiger charge is 1.97. The fourth-order valence-electron chi connectivity index (χ4n) is 0.892. The predicted octanol–water partition coefficient (Wildman–Crippen LogP) is 0.540. The number of aromatic amines is 1. The molecule has 0 aliphatic heterocycles. The summed E-state index contributed by atoms with van der Waals surface area (Å²) in [6.45, 7) is 0. The first-order chi connectivity index (χ1) is 4.88. The van der Waals surface area contributed by atoms with E-state index in [1.807, 2.05) is 6.07 Å². The quantitative estimate of drug-likeness (QED) is 0.552. The van der Waals surface area contributed by atoms with Crippen LogP contribution in [0.1, 0.15) is 0 Å². The Morgan fingerprint density at radius 3 is 3.10 bits per heavy atom. The second-order valence-electron chi connectivity index (χ2n) is 2.00. The van der Waals surface area contributed by atoms with Crippen LogP contribution in [-0.4, -0.2) is 15.0 Å². The lowest BCUT2D eigenvalue weighted by atomic mass is 10.4. The van der Waals surface area contributed by atoms with Gasteiger partial charge in [0.1, 0.15) is 11.8 Å². The van der Waals surface area contributed by atoms with Crippen LogP contribution in [0.3, 0.4) is 0 Å². The van der Waals surface area contributed by atoms with Crippen LogP contribution in [-0.2, 0) is 0 Å². The van der Waals surface area contributed by atoms with Gasteiger partial charge in [0, 0.05) is 6.20 Å². The van der Waals surface area contributed by atoms with E-state index in [-0.39, 0.29) is 0 Å². The van der Waals surface area contributed by atoms with Gasteiger partial charge in [-0.25, -0.2) is 9.97 Å². The molecule has 0 amide bonds. The largest absolute Gasteiger partial charge is 0.382 e. The molecule has 0 bridgehead atoms. The van der Waals surface area contributed by atoms with E-state index in [1.54, 1.807) is 6.20 Å². The van der Waals surface area contributed by atoms with E-state index in [2.05, 4.69) is 15.0 Å². The number of aromatic nitrogens is 3. The van der Waals surface area contributed by atoms with Crippen molar-refractivity contribution in [3.8, 4) is 0 Å². The van der Waals surface area contributed by atoms with Crippen molar-refractivity contribution in [1.29, 1.82) is 0 Å². The highest BCUT2D eigenvalue weighted by molar-refractivity contribution is 5.83. The molecule has 2 aromatic heterocycles. The molecule has 0 spiro atoms. The zero-order chi connectivity index (χ0) is 6.97. The van der Waals surface area contributed by atoms with Crippen LogP contribution in [0.4, 0.5) is 5.82 Å². The van der Waals surface area contributed by atoms with Gasteiger partial charge in [-0.15, -0.1) is 0 Å². The number of nitrogen functional groups attached to an aromatic ring is 1. The summed E-state index contributed by atoms with van der Waals surface area (Å²) >= 11 is 0. The molecule has 0 saturated heterocycles. The van der Waals surface area contributed by atoms with Gasteiger partial charge in [-0.2, -0.15) is 0 Å². The van der Waals surface area contributed by atoms with E-state index in [0.29, 0.717) is 5.82 Å². The molecule has 2 heterocycles. The number of fused-ring (bicyclic) bond motifs is 1. The summed E-state index contributed by atoms with van der Waals surface area (Å²) in [5.74, 6) is 0.495. The van der Waals surface area contributed by atoms with Gasteiger partial charge in [0.2, 0.25) is 0 Å². The molecule has 0 fully saturated rings. The van der Waals surface area contributed by atoms with E-state index in [1.165, 1.54) is 6.33 Å². The number of hydrogen-bond donors (Lipinski definition) is 2. The Morgan fingerprint density at radius 1 is 1.40 bits per heavy atom. The van der Waals surface area contributed by atoms with Gasteiger partial charge in [0.15, 0.2) is 5.82 Å². The molecule has 0 radical (unpaired) electrons. The van der Waals surface area contributed by atoms with E-state index >= 15 is 0 Å². The van der Waals surface area contributed by atoms with Crippen LogP contribution < -0.4 is 5.73 Å². The Kier molecular flexibility index (Phi) is 0.887. The molecule has 2 rings (SSSR count). The summed E-state index contributed by atoms with van der Waals surface area (Å²) in [5, 5.41) is 0. The molecule has 2 aromatic rings. The Hall–Kier alpha value is -1.58. The van der Waals surface area contributed by atoms with Crippen molar-refractivity contribution in [3.05, 3.63) is 18.6 Å². The fraction of sp³-hybridized carbons (Fsp3) is 0. The van der Waals surface area contributed by atoms with Crippen LogP contribution in [0, 0.1) is 0 Å². The minimum absolute atomic E-state index is 0.495. The van der Waals surface area contributed by atoms with Gasteiger partial charge in [-0.3, -0.25) is 0 Å². The highest BCUT2D eigenvalue weighted by Crippen LogP contribution is 2.12. The zero-order valence-corrected chi connectivity index (χ0v) is 5.20. The van der Waals surface area contributed by atoms with Crippen molar-refractivity contribution >= 4 is 16.9 Å². The third kappa shape index (κ3) is 0.556. The summed E-state index contributed by atoms with van der Waals surface area (Å²) in [5.41, 5.74) is 7.18. The summed E-state index contributed by atoms with van der Waals surface area (Å²) in [7, 11) is 0. The van der Waals surface area contributed by atoms with E-state index in [0.717, 1.165) is 11.0 Å². The normalized spacial score (nSPS) is 10.4. The van der Waals surface area contributed by atoms with Crippen LogP contribution in [0.5, 0.6) is 0 Å². The lowest BCUT2D eigenvalue weighted by Gasteiger charge is -1.90. The van der Waals surface area contributed by atoms with Crippen molar-refractivity contribution in [2.45, 2.75) is 0 Å². The molecular weight excluding hydrogens is 128 g/mol. The number of H-pyrrole nitrogens is 1. The molecule has 10 heavy (non-hydrogen) atoms. The minimum Gasteiger partial charge on any atom is -0.382 e. The van der Waals surface area contributed by atoms with Gasteiger partial charge in [0.25, 0.3) is 0 Å². The number of hydrogen-bond acceptors (Lipinski definition) is 3. The SMILES string of the molecule is Nc1ncnc2cc[nH]c12. The Morgan fingerprint density at radius 2 is 2.30 bits per heavy atom. The minimum atomic E-state index is 0.495. The zero-order valence-electron chi connectivity index (χ0n) is 5.20. The third-order valence-corrected chi connectivity index (χ3v) is 1.37. The topological polar surface area (TPSA) is 67.6 Å². The van der Waals surface area contributed by atoms with Gasteiger partial charge in [-0.05, 0) is 6.07 Å². The van der Waals surface area contributed by atoms with Crippen LogP contribution >= 0.6 is 0 Å². The summed E-state index contributed by atoms with van der Waals surface area (Å²) in [4.78, 5) is 10.7. The second kappa shape index (κ2) is 1.70. The first kappa shape index (κ1) is 5.22. The molecular formula is C6H6N4. The average molecular weight is 134 g/mol. The Bertz CT molecular complexity index is 351. The lowest BCUT2D eigenvalue weighted by molar-refractivity contribution is 1.22. The maximum absolute atomic E-state index is 5.52. The average Bonchev–Trinajstić information content (AvgIpc) is 2.36. The van der Waals surface area contributed by atoms with Crippen molar-refractivity contribution < 1.29 is 0 Å². The number of anilines is 1. The Balaban J connectivity index is 2.95. The van der Waals surface area contributed by atoms with Crippen molar-refractivity contribution in [2.75, 3.05) is 5.73 Å². The fourth-order valence-corrected chi connectivity index (χ4v) is 0.892. The molecule has 0 aromatic carbocycles. The van der Waals surface area contributed by atoms with Gasteiger partial charge < -0.3 is 10.7 Å². The van der Waals surface area contributed by atoms with E-state index < -0.39 is 0 Å². The monoisotopic (exact) mass is 134 g/mol. The molecule has 0 unspecified atom stereocenters. The maximum atomic E-state index is 5.52. The summed E-state index contributed by atoms with van der Waals surface area (Å²) in [6.07, 6.45) is 3.24. The van der Waals surface area contributed by atoms with Crippen LogP contribution in [0.2, 0.25) is 0 Å². The predicted molar refractivity (Wildman–Crippen MR) is 38.3 cm³/mol. The van der Waals surface area contributed by atoms with Crippen molar-refractivity contribution in [1.82, 2.24) is 15.0 Å². The number of rotatable bonds is 0. The van der Waals surface area contributed by atoms with E-state index in [4.69, 9.17) is 5.73 Å². The second-order valence-corrected chi connectivity index (χ2v) is 2.00. The number of nitrogens with one attached hydrogen (secondary N) is 1. The summed E-state index contributed by atoms with van der Waals surface area (Å²) < 4.78 is 0. The molecule has 3 N–H and O–H groups in total. The van der Waals surface area contributed by atoms with Crippen molar-refractivity contribution in [2.24, 2.45) is 0 Å². The molecule has 0 saturated carbocycles. The molecule has 0 atom stereocenters. The first-order valence-corrected chi connectivity index (χ1v) is 2.91. The molecule has 50 valence electrons. The standard InChI is InChI=1S/C6H6N4/c7-6-5-4(1-2-8-5)9-3-10-6/h1-3,8H,(H2,7,9,10). The molecule has 0 aliphatic rings. The maximum Gasteiger partial charge on any atom is 0.151 e. The smallest absolute Gasteiger partial charge is 0.151 e. The van der Waals surface area contributed by atoms with Gasteiger partial charge in [0.05, 0.1) is 5.52 Å². The van der Waals surface area contributed by atoms with Gasteiger partial charge >= 0.3 is 0 Å². The molecule has 0 aliphatic carbocycles. The van der Waals surface area contributed by atoms with Gasteiger partial charge in [-0.1, -0.05) is 0 Å². The van der Waals surface area contributed by atoms with E-state index in [9.17, 15) is 0 Å². The lowest BCUT2D eigenvalue weighted by Crippen LogP contribution is -1.91. The number of nitrogens with two attached hydrogens (primary N) is 1. The highest BCUT2D eigenvalue weighted by atomic mass is 14.9. The Labute approximate surface area is 57.1 Å². The first-order valence-electron chi connectivity index (χ1n) is 2.91. The summed E-state index contributed by atoms with van der Waals surface area (Å²) in [6, 6.07) is 1.85. The number of nitrogens with zero attached hydrogens (tertiary/aromatic N) is 2.